The lowest BCUT2D eigenvalue weighted by atomic mass is 9.96. The van der Waals surface area contributed by atoms with Crippen LogP contribution in [0.4, 0.5) is 0 Å². The summed E-state index contributed by atoms with van der Waals surface area (Å²) in [4.78, 5) is 11.2. The number of hydrogen-bond donors (Lipinski definition) is 1. The maximum absolute atomic E-state index is 11.2. The van der Waals surface area contributed by atoms with Crippen molar-refractivity contribution in [1.82, 2.24) is 0 Å². The van der Waals surface area contributed by atoms with Crippen molar-refractivity contribution >= 4 is 27.9 Å². The van der Waals surface area contributed by atoms with Crippen LogP contribution in [0.1, 0.15) is 18.4 Å². The summed E-state index contributed by atoms with van der Waals surface area (Å²) >= 11 is 0. The molecule has 3 aromatic rings. The highest BCUT2D eigenvalue weighted by molar-refractivity contribution is 6.01. The summed E-state index contributed by atoms with van der Waals surface area (Å²) in [6, 6.07) is 5.42. The van der Waals surface area contributed by atoms with Crippen molar-refractivity contribution < 1.29 is 18.7 Å². The highest BCUT2D eigenvalue weighted by Gasteiger charge is 2.22. The molecule has 0 radical (unpaired) electrons. The first-order valence-corrected chi connectivity index (χ1v) is 5.28. The van der Waals surface area contributed by atoms with Gasteiger partial charge in [-0.05, 0) is 25.1 Å². The van der Waals surface area contributed by atoms with Gasteiger partial charge in [0.05, 0.1) is 18.4 Å². The lowest BCUT2D eigenvalue weighted by Crippen LogP contribution is -2.07. The van der Waals surface area contributed by atoms with Crippen molar-refractivity contribution in [2.45, 2.75) is 12.8 Å². The normalized spacial score (nSPS) is 13.2. The molecule has 4 nitrogen and oxygen atoms in total. The van der Waals surface area contributed by atoms with E-state index in [0.29, 0.717) is 16.7 Å². The number of carboxylic acids is 1. The first-order chi connectivity index (χ1) is 8.18. The van der Waals surface area contributed by atoms with E-state index < -0.39 is 11.9 Å². The van der Waals surface area contributed by atoms with Crippen LogP contribution in [0.5, 0.6) is 0 Å². The molecule has 0 aliphatic heterocycles. The van der Waals surface area contributed by atoms with Crippen molar-refractivity contribution in [3.05, 3.63) is 36.3 Å². The van der Waals surface area contributed by atoms with Crippen molar-refractivity contribution in [1.29, 1.82) is 0 Å². The van der Waals surface area contributed by atoms with E-state index >= 15 is 0 Å². The first-order valence-electron chi connectivity index (χ1n) is 5.28. The first kappa shape index (κ1) is 9.96. The Morgan fingerprint density at radius 1 is 1.29 bits per heavy atom. The second kappa shape index (κ2) is 3.38. The molecule has 3 rings (SSSR count). The van der Waals surface area contributed by atoms with E-state index in [0.717, 1.165) is 10.8 Å². The summed E-state index contributed by atoms with van der Waals surface area (Å²) in [6.45, 7) is 1.64. The summed E-state index contributed by atoms with van der Waals surface area (Å²) in [7, 11) is 0. The van der Waals surface area contributed by atoms with Crippen molar-refractivity contribution in [3.63, 3.8) is 0 Å². The fraction of sp³-hybridized carbons (Fsp3) is 0.154. The van der Waals surface area contributed by atoms with Gasteiger partial charge in [-0.15, -0.1) is 0 Å². The number of fused-ring (bicyclic) bond motifs is 2. The summed E-state index contributed by atoms with van der Waals surface area (Å²) in [6.07, 6.45) is 3.11. The number of aliphatic carboxylic acids is 1. The predicted molar refractivity (Wildman–Crippen MR) is 62.0 cm³/mol. The maximum atomic E-state index is 11.2. The van der Waals surface area contributed by atoms with E-state index in [9.17, 15) is 4.79 Å². The molecule has 0 amide bonds. The van der Waals surface area contributed by atoms with Gasteiger partial charge in [-0.3, -0.25) is 4.79 Å². The average molecular weight is 230 g/mol. The molecule has 1 aromatic carbocycles. The molecule has 0 spiro atoms. The number of hydrogen-bond acceptors (Lipinski definition) is 3. The Hall–Kier alpha value is -2.23. The molecule has 1 atom stereocenters. The van der Waals surface area contributed by atoms with Crippen molar-refractivity contribution in [3.8, 4) is 0 Å². The second-order valence-corrected chi connectivity index (χ2v) is 4.02. The topological polar surface area (TPSA) is 63.6 Å². The van der Waals surface area contributed by atoms with Crippen LogP contribution in [0, 0.1) is 0 Å². The van der Waals surface area contributed by atoms with E-state index in [-0.39, 0.29) is 0 Å². The molecule has 0 saturated heterocycles. The quantitative estimate of drug-likeness (QED) is 0.733. The molecule has 1 N–H and O–H groups in total. The lowest BCUT2D eigenvalue weighted by molar-refractivity contribution is -0.138. The molecule has 1 unspecified atom stereocenters. The lowest BCUT2D eigenvalue weighted by Gasteiger charge is -2.08. The molecule has 0 aliphatic carbocycles. The minimum Gasteiger partial charge on any atom is -0.481 e. The smallest absolute Gasteiger partial charge is 0.310 e. The zero-order valence-electron chi connectivity index (χ0n) is 9.14. The number of rotatable bonds is 2. The number of furan rings is 2. The standard InChI is InChI=1S/C13H10O4/c1-7(13(14)15)11-9-3-5-16-10(9)6-8-2-4-17-12(8)11/h2-7H,1H3,(H,14,15). The van der Waals surface area contributed by atoms with Gasteiger partial charge >= 0.3 is 5.97 Å². The van der Waals surface area contributed by atoms with Gasteiger partial charge in [-0.1, -0.05) is 0 Å². The van der Waals surface area contributed by atoms with Crippen LogP contribution in [-0.4, -0.2) is 11.1 Å². The van der Waals surface area contributed by atoms with Gasteiger partial charge in [0.2, 0.25) is 0 Å². The van der Waals surface area contributed by atoms with E-state index in [1.165, 1.54) is 0 Å². The summed E-state index contributed by atoms with van der Waals surface area (Å²) < 4.78 is 10.7. The van der Waals surface area contributed by atoms with Crippen LogP contribution < -0.4 is 0 Å². The molecule has 0 fully saturated rings. The van der Waals surface area contributed by atoms with Gasteiger partial charge in [0.1, 0.15) is 11.2 Å². The SMILES string of the molecule is CC(C(=O)O)c1c2ccoc2cc2ccoc12. The van der Waals surface area contributed by atoms with Gasteiger partial charge in [0.25, 0.3) is 0 Å². The Bertz CT molecular complexity index is 656. The molecule has 2 heterocycles. The fourth-order valence-electron chi connectivity index (χ4n) is 2.12. The maximum Gasteiger partial charge on any atom is 0.310 e. The Balaban J connectivity index is 2.45. The van der Waals surface area contributed by atoms with E-state index in [1.807, 2.05) is 6.07 Å². The van der Waals surface area contributed by atoms with Crippen LogP contribution >= 0.6 is 0 Å². The Labute approximate surface area is 96.4 Å². The zero-order valence-corrected chi connectivity index (χ0v) is 9.14. The second-order valence-electron chi connectivity index (χ2n) is 4.02. The molecule has 0 saturated carbocycles. The van der Waals surface area contributed by atoms with Crippen LogP contribution in [0.3, 0.4) is 0 Å². The molecule has 2 aromatic heterocycles. The summed E-state index contributed by atoms with van der Waals surface area (Å²) in [5.74, 6) is -1.51. The minimum absolute atomic E-state index is 0.619. The highest BCUT2D eigenvalue weighted by atomic mass is 16.4. The van der Waals surface area contributed by atoms with E-state index in [4.69, 9.17) is 13.9 Å². The number of benzene rings is 1. The fourth-order valence-corrected chi connectivity index (χ4v) is 2.12. The molecule has 0 aliphatic rings. The predicted octanol–water partition coefficient (Wildman–Crippen LogP) is 3.37. The van der Waals surface area contributed by atoms with Crippen LogP contribution in [0.2, 0.25) is 0 Å². The molecular formula is C13H10O4. The molecule has 17 heavy (non-hydrogen) atoms. The Kier molecular flexibility index (Phi) is 1.98. The van der Waals surface area contributed by atoms with Crippen molar-refractivity contribution in [2.24, 2.45) is 0 Å². The van der Waals surface area contributed by atoms with Crippen LogP contribution in [-0.2, 0) is 4.79 Å². The molecule has 86 valence electrons. The molecule has 0 bridgehead atoms. The van der Waals surface area contributed by atoms with Gasteiger partial charge in [-0.2, -0.15) is 0 Å². The van der Waals surface area contributed by atoms with E-state index in [1.54, 1.807) is 31.6 Å². The Morgan fingerprint density at radius 3 is 2.82 bits per heavy atom. The summed E-state index contributed by atoms with van der Waals surface area (Å²) in [5.41, 5.74) is 1.97. The third kappa shape index (κ3) is 1.34. The zero-order chi connectivity index (χ0) is 12.0. The van der Waals surface area contributed by atoms with Gasteiger partial charge in [0.15, 0.2) is 0 Å². The summed E-state index contributed by atoms with van der Waals surface area (Å²) in [5, 5.41) is 10.8. The van der Waals surface area contributed by atoms with Crippen molar-refractivity contribution in [2.75, 3.05) is 0 Å². The third-order valence-electron chi connectivity index (χ3n) is 3.02. The van der Waals surface area contributed by atoms with Gasteiger partial charge in [0, 0.05) is 16.3 Å². The Morgan fingerprint density at radius 2 is 2.06 bits per heavy atom. The molecule has 4 heteroatoms. The van der Waals surface area contributed by atoms with Crippen LogP contribution in [0.25, 0.3) is 21.9 Å². The average Bonchev–Trinajstić information content (AvgIpc) is 2.91. The number of carbonyl (C=O) groups is 1. The number of carboxylic acid groups (broad SMARTS) is 1. The van der Waals surface area contributed by atoms with E-state index in [2.05, 4.69) is 0 Å². The van der Waals surface area contributed by atoms with Crippen LogP contribution in [0.15, 0.2) is 39.6 Å². The largest absolute Gasteiger partial charge is 0.481 e. The van der Waals surface area contributed by atoms with Gasteiger partial charge < -0.3 is 13.9 Å². The monoisotopic (exact) mass is 230 g/mol. The molecular weight excluding hydrogens is 220 g/mol. The third-order valence-corrected chi connectivity index (χ3v) is 3.02. The van der Waals surface area contributed by atoms with Gasteiger partial charge in [-0.25, -0.2) is 0 Å². The minimum atomic E-state index is -0.878. The highest BCUT2D eigenvalue weighted by Crippen LogP contribution is 2.34.